The highest BCUT2D eigenvalue weighted by molar-refractivity contribution is 6.90. The number of benzene rings is 2. The van der Waals surface area contributed by atoms with Crippen molar-refractivity contribution >= 4 is 31.4 Å². The lowest BCUT2D eigenvalue weighted by atomic mass is 9.74. The zero-order chi connectivity index (χ0) is 25.6. The van der Waals surface area contributed by atoms with Crippen molar-refractivity contribution in [1.29, 1.82) is 0 Å². The van der Waals surface area contributed by atoms with Crippen molar-refractivity contribution in [2.45, 2.75) is 103 Å². The van der Waals surface area contributed by atoms with Gasteiger partial charge in [-0.25, -0.2) is 8.78 Å². The lowest BCUT2D eigenvalue weighted by molar-refractivity contribution is 0.00578. The summed E-state index contributed by atoms with van der Waals surface area (Å²) in [4.78, 5) is 0. The Morgan fingerprint density at radius 3 is 1.85 bits per heavy atom. The average Bonchev–Trinajstić information content (AvgIpc) is 2.93. The van der Waals surface area contributed by atoms with Crippen LogP contribution in [0.1, 0.15) is 86.8 Å². The van der Waals surface area contributed by atoms with E-state index in [0.29, 0.717) is 22.1 Å². The van der Waals surface area contributed by atoms with Crippen molar-refractivity contribution in [2.75, 3.05) is 0 Å². The van der Waals surface area contributed by atoms with Crippen LogP contribution in [0.5, 0.6) is 0 Å². The van der Waals surface area contributed by atoms with Crippen molar-refractivity contribution in [3.63, 3.8) is 0 Å². The minimum atomic E-state index is -2.58. The number of alkyl halides is 2. The van der Waals surface area contributed by atoms with Crippen LogP contribution in [0.25, 0.3) is 10.8 Å². The third-order valence-corrected chi connectivity index (χ3v) is 14.4. The minimum Gasteiger partial charge on any atom is -0.399 e. The second-order valence-corrected chi connectivity index (χ2v) is 17.1. The van der Waals surface area contributed by atoms with Gasteiger partial charge in [-0.3, -0.25) is 0 Å². The van der Waals surface area contributed by atoms with Gasteiger partial charge in [0.15, 0.2) is 0 Å². The van der Waals surface area contributed by atoms with E-state index in [1.165, 1.54) is 0 Å². The van der Waals surface area contributed by atoms with Gasteiger partial charge >= 0.3 is 7.12 Å². The SMILES string of the molecule is CC(C)[Si](C#Cc1cccc2cc(C(F)F)cc(B3OC(C)(C)C(C)(C)O3)c12)(C(C)C)C(C)C. The first kappa shape index (κ1) is 26.9. The van der Waals surface area contributed by atoms with Crippen LogP contribution in [0.2, 0.25) is 16.6 Å². The maximum atomic E-state index is 13.8. The number of hydrogen-bond donors (Lipinski definition) is 0. The van der Waals surface area contributed by atoms with Gasteiger partial charge in [0.2, 0.25) is 0 Å². The van der Waals surface area contributed by atoms with Gasteiger partial charge in [-0.1, -0.05) is 65.7 Å². The first-order chi connectivity index (χ1) is 15.6. The Morgan fingerprint density at radius 1 is 0.853 bits per heavy atom. The fourth-order valence-corrected chi connectivity index (χ4v) is 10.7. The van der Waals surface area contributed by atoms with Gasteiger partial charge in [-0.05, 0) is 72.7 Å². The van der Waals surface area contributed by atoms with E-state index in [2.05, 4.69) is 53.0 Å². The van der Waals surface area contributed by atoms with Gasteiger partial charge in [-0.2, -0.15) is 0 Å². The Balaban J connectivity index is 2.29. The molecule has 1 aliphatic heterocycles. The molecule has 0 aromatic heterocycles. The second kappa shape index (κ2) is 9.41. The Morgan fingerprint density at radius 2 is 1.38 bits per heavy atom. The molecule has 34 heavy (non-hydrogen) atoms. The van der Waals surface area contributed by atoms with Gasteiger partial charge in [-0.15, -0.1) is 5.54 Å². The van der Waals surface area contributed by atoms with E-state index < -0.39 is 32.8 Å². The van der Waals surface area contributed by atoms with E-state index in [1.807, 2.05) is 45.9 Å². The molecule has 2 nitrogen and oxygen atoms in total. The summed E-state index contributed by atoms with van der Waals surface area (Å²) in [5, 5.41) is 1.58. The Hall–Kier alpha value is -1.68. The first-order valence-electron chi connectivity index (χ1n) is 12.4. The number of rotatable bonds is 5. The van der Waals surface area contributed by atoms with Crippen molar-refractivity contribution < 1.29 is 18.1 Å². The predicted octanol–water partition coefficient (Wildman–Crippen LogP) is 7.65. The van der Waals surface area contributed by atoms with Crippen LogP contribution < -0.4 is 5.46 Å². The topological polar surface area (TPSA) is 18.5 Å². The fourth-order valence-electron chi connectivity index (χ4n) is 5.48. The summed E-state index contributed by atoms with van der Waals surface area (Å²) in [7, 11) is -2.70. The maximum Gasteiger partial charge on any atom is 0.495 e. The zero-order valence-electron chi connectivity index (χ0n) is 22.3. The first-order valence-corrected chi connectivity index (χ1v) is 14.6. The molecule has 0 bridgehead atoms. The molecule has 0 N–H and O–H groups in total. The minimum absolute atomic E-state index is 0.0300. The fraction of sp³-hybridized carbons (Fsp3) is 0.571. The summed E-state index contributed by atoms with van der Waals surface area (Å²) in [5.74, 6) is 3.54. The molecule has 1 fully saturated rings. The van der Waals surface area contributed by atoms with Gasteiger partial charge in [0, 0.05) is 11.1 Å². The van der Waals surface area contributed by atoms with Crippen LogP contribution in [0.4, 0.5) is 8.78 Å². The Bertz CT molecular complexity index is 1070. The standard InChI is InChI=1S/C28H39BF2O2Si/c1-18(2)34(19(3)4,20(5)6)15-14-21-12-11-13-22-16-23(26(30)31)17-24(25(21)22)29-32-27(7,8)28(9,10)33-29/h11-13,16-20,26H,1-10H3. The zero-order valence-corrected chi connectivity index (χ0v) is 23.3. The molecule has 2 aromatic rings. The molecule has 6 heteroatoms. The molecule has 3 rings (SSSR count). The monoisotopic (exact) mass is 484 g/mol. The third-order valence-electron chi connectivity index (χ3n) is 8.07. The molecular formula is C28H39BF2O2Si. The summed E-state index contributed by atoms with van der Waals surface area (Å²) in [6.45, 7) is 21.6. The molecule has 0 radical (unpaired) electrons. The lowest BCUT2D eigenvalue weighted by Crippen LogP contribution is -2.43. The summed E-state index contributed by atoms with van der Waals surface area (Å²) in [6.07, 6.45) is -2.58. The van der Waals surface area contributed by atoms with Crippen LogP contribution in [0.3, 0.4) is 0 Å². The molecule has 1 aliphatic rings. The van der Waals surface area contributed by atoms with E-state index in [0.717, 1.165) is 16.3 Å². The van der Waals surface area contributed by atoms with E-state index in [9.17, 15) is 8.78 Å². The highest BCUT2D eigenvalue weighted by atomic mass is 28.3. The Kier molecular flexibility index (Phi) is 7.45. The molecule has 1 heterocycles. The summed E-state index contributed by atoms with van der Waals surface area (Å²) >= 11 is 0. The smallest absolute Gasteiger partial charge is 0.399 e. The van der Waals surface area contributed by atoms with Crippen molar-refractivity contribution in [1.82, 2.24) is 0 Å². The van der Waals surface area contributed by atoms with Crippen LogP contribution in [-0.2, 0) is 9.31 Å². The highest BCUT2D eigenvalue weighted by Crippen LogP contribution is 2.41. The number of fused-ring (bicyclic) bond motifs is 1. The molecular weight excluding hydrogens is 445 g/mol. The van der Waals surface area contributed by atoms with E-state index >= 15 is 0 Å². The van der Waals surface area contributed by atoms with Crippen LogP contribution in [0, 0.1) is 11.5 Å². The normalized spacial score (nSPS) is 17.8. The maximum absolute atomic E-state index is 13.8. The van der Waals surface area contributed by atoms with E-state index in [4.69, 9.17) is 9.31 Å². The molecule has 1 saturated heterocycles. The van der Waals surface area contributed by atoms with Crippen molar-refractivity contribution in [3.05, 3.63) is 41.5 Å². The summed E-state index contributed by atoms with van der Waals surface area (Å²) in [6, 6.07) is 8.88. The molecule has 0 spiro atoms. The quantitative estimate of drug-likeness (QED) is 0.321. The summed E-state index contributed by atoms with van der Waals surface area (Å²) < 4.78 is 40.3. The second-order valence-electron chi connectivity index (χ2n) is 11.5. The van der Waals surface area contributed by atoms with E-state index in [-0.39, 0.29) is 5.56 Å². The lowest BCUT2D eigenvalue weighted by Gasteiger charge is -2.38. The molecule has 0 atom stereocenters. The van der Waals surface area contributed by atoms with Gasteiger partial charge < -0.3 is 9.31 Å². The highest BCUT2D eigenvalue weighted by Gasteiger charge is 2.52. The number of halogens is 2. The summed E-state index contributed by atoms with van der Waals surface area (Å²) in [5.41, 5.74) is 5.60. The van der Waals surface area contributed by atoms with Gasteiger partial charge in [0.25, 0.3) is 6.43 Å². The Labute approximate surface area is 206 Å². The van der Waals surface area contributed by atoms with Crippen LogP contribution in [-0.4, -0.2) is 26.4 Å². The molecule has 0 amide bonds. The van der Waals surface area contributed by atoms with Crippen LogP contribution >= 0.6 is 0 Å². The molecule has 0 unspecified atom stereocenters. The predicted molar refractivity (Wildman–Crippen MR) is 143 cm³/mol. The van der Waals surface area contributed by atoms with E-state index in [1.54, 1.807) is 12.1 Å². The van der Waals surface area contributed by atoms with Crippen molar-refractivity contribution in [3.8, 4) is 11.5 Å². The number of hydrogen-bond acceptors (Lipinski definition) is 2. The largest absolute Gasteiger partial charge is 0.495 e. The van der Waals surface area contributed by atoms with Crippen LogP contribution in [0.15, 0.2) is 30.3 Å². The molecule has 0 saturated carbocycles. The molecule has 184 valence electrons. The van der Waals surface area contributed by atoms with Gasteiger partial charge in [0.1, 0.15) is 8.07 Å². The molecule has 0 aliphatic carbocycles. The van der Waals surface area contributed by atoms with Crippen molar-refractivity contribution in [2.24, 2.45) is 0 Å². The molecule has 2 aromatic carbocycles. The third kappa shape index (κ3) is 4.60. The van der Waals surface area contributed by atoms with Gasteiger partial charge in [0.05, 0.1) is 11.2 Å². The average molecular weight is 485 g/mol.